The summed E-state index contributed by atoms with van der Waals surface area (Å²) in [5, 5.41) is 3.22. The van der Waals surface area contributed by atoms with Gasteiger partial charge in [-0.1, -0.05) is 0 Å². The Morgan fingerprint density at radius 1 is 1.33 bits per heavy atom. The molecule has 1 atom stereocenters. The van der Waals surface area contributed by atoms with E-state index in [9.17, 15) is 14.4 Å². The molecule has 3 amide bonds. The molecule has 0 bridgehead atoms. The summed E-state index contributed by atoms with van der Waals surface area (Å²) in [4.78, 5) is 37.9. The molecule has 0 unspecified atom stereocenters. The average Bonchev–Trinajstić information content (AvgIpc) is 2.67. The molecular formula is C12H19N3O3. The van der Waals surface area contributed by atoms with Gasteiger partial charge in [-0.05, 0) is 6.92 Å². The predicted molar refractivity (Wildman–Crippen MR) is 64.6 cm³/mol. The second kappa shape index (κ2) is 5.48. The Kier molecular flexibility index (Phi) is 3.96. The Balaban J connectivity index is 1.84. The SMILES string of the molecule is C[C@H]1CNCCN1C(=O)CCN1C(=O)CCC1=O. The molecule has 2 aliphatic heterocycles. The number of carbonyl (C=O) groups is 3. The van der Waals surface area contributed by atoms with E-state index >= 15 is 0 Å². The van der Waals surface area contributed by atoms with Crippen molar-refractivity contribution in [2.75, 3.05) is 26.2 Å². The summed E-state index contributed by atoms with van der Waals surface area (Å²) < 4.78 is 0. The third-order valence-corrected chi connectivity index (χ3v) is 3.53. The molecule has 1 N–H and O–H groups in total. The molecular weight excluding hydrogens is 234 g/mol. The number of likely N-dealkylation sites (tertiary alicyclic amines) is 1. The van der Waals surface area contributed by atoms with E-state index in [-0.39, 0.29) is 49.6 Å². The number of nitrogens with one attached hydrogen (secondary N) is 1. The molecule has 0 spiro atoms. The lowest BCUT2D eigenvalue weighted by atomic mass is 10.2. The van der Waals surface area contributed by atoms with Crippen molar-refractivity contribution >= 4 is 17.7 Å². The van der Waals surface area contributed by atoms with Gasteiger partial charge >= 0.3 is 0 Å². The van der Waals surface area contributed by atoms with Gasteiger partial charge in [0.05, 0.1) is 0 Å². The standard InChI is InChI=1S/C12H19N3O3/c1-9-8-13-5-7-14(9)12(18)4-6-15-10(16)2-3-11(15)17/h9,13H,2-8H2,1H3/t9-/m0/s1. The fourth-order valence-corrected chi connectivity index (χ4v) is 2.43. The van der Waals surface area contributed by atoms with E-state index in [0.717, 1.165) is 13.1 Å². The number of imide groups is 1. The van der Waals surface area contributed by atoms with Crippen LogP contribution >= 0.6 is 0 Å². The van der Waals surface area contributed by atoms with Crippen LogP contribution in [0.25, 0.3) is 0 Å². The Labute approximate surface area is 106 Å². The number of rotatable bonds is 3. The van der Waals surface area contributed by atoms with Crippen LogP contribution in [-0.4, -0.2) is 59.7 Å². The molecule has 18 heavy (non-hydrogen) atoms. The lowest BCUT2D eigenvalue weighted by Crippen LogP contribution is -2.52. The molecule has 2 saturated heterocycles. The zero-order valence-electron chi connectivity index (χ0n) is 10.6. The van der Waals surface area contributed by atoms with Gasteiger partial charge in [-0.3, -0.25) is 19.3 Å². The van der Waals surface area contributed by atoms with Gasteiger partial charge in [0.25, 0.3) is 0 Å². The van der Waals surface area contributed by atoms with Crippen molar-refractivity contribution in [2.24, 2.45) is 0 Å². The van der Waals surface area contributed by atoms with Crippen molar-refractivity contribution in [1.82, 2.24) is 15.1 Å². The molecule has 0 radical (unpaired) electrons. The van der Waals surface area contributed by atoms with E-state index < -0.39 is 0 Å². The molecule has 2 aliphatic rings. The van der Waals surface area contributed by atoms with Crippen molar-refractivity contribution in [1.29, 1.82) is 0 Å². The molecule has 2 rings (SSSR count). The molecule has 6 heteroatoms. The van der Waals surface area contributed by atoms with E-state index in [1.807, 2.05) is 11.8 Å². The van der Waals surface area contributed by atoms with Gasteiger partial charge in [0.15, 0.2) is 0 Å². The first-order valence-electron chi connectivity index (χ1n) is 6.43. The highest BCUT2D eigenvalue weighted by Gasteiger charge is 2.30. The summed E-state index contributed by atoms with van der Waals surface area (Å²) in [5.41, 5.74) is 0. The lowest BCUT2D eigenvalue weighted by molar-refractivity contribution is -0.140. The van der Waals surface area contributed by atoms with Gasteiger partial charge in [0.1, 0.15) is 0 Å². The monoisotopic (exact) mass is 253 g/mol. The van der Waals surface area contributed by atoms with Crippen molar-refractivity contribution in [3.8, 4) is 0 Å². The van der Waals surface area contributed by atoms with Crippen LogP contribution in [0.1, 0.15) is 26.2 Å². The third kappa shape index (κ3) is 2.69. The van der Waals surface area contributed by atoms with E-state index in [4.69, 9.17) is 0 Å². The van der Waals surface area contributed by atoms with Crippen LogP contribution in [0.15, 0.2) is 0 Å². The maximum atomic E-state index is 12.0. The Morgan fingerprint density at radius 3 is 2.61 bits per heavy atom. The van der Waals surface area contributed by atoms with Crippen LogP contribution in [0, 0.1) is 0 Å². The molecule has 0 aromatic heterocycles. The summed E-state index contributed by atoms with van der Waals surface area (Å²) in [6.07, 6.45) is 0.815. The summed E-state index contributed by atoms with van der Waals surface area (Å²) in [6, 6.07) is 0.177. The summed E-state index contributed by atoms with van der Waals surface area (Å²) in [7, 11) is 0. The molecule has 0 aliphatic carbocycles. The summed E-state index contributed by atoms with van der Waals surface area (Å²) in [6.45, 7) is 4.52. The third-order valence-electron chi connectivity index (χ3n) is 3.53. The minimum Gasteiger partial charge on any atom is -0.337 e. The fourth-order valence-electron chi connectivity index (χ4n) is 2.43. The van der Waals surface area contributed by atoms with Gasteiger partial charge in [-0.15, -0.1) is 0 Å². The van der Waals surface area contributed by atoms with Gasteiger partial charge in [-0.2, -0.15) is 0 Å². The normalized spacial score (nSPS) is 24.8. The molecule has 0 aromatic rings. The van der Waals surface area contributed by atoms with Crippen LogP contribution in [-0.2, 0) is 14.4 Å². The van der Waals surface area contributed by atoms with E-state index in [1.165, 1.54) is 4.90 Å². The van der Waals surface area contributed by atoms with Gasteiger partial charge in [-0.25, -0.2) is 0 Å². The number of nitrogens with zero attached hydrogens (tertiary/aromatic N) is 2. The van der Waals surface area contributed by atoms with Gasteiger partial charge in [0.2, 0.25) is 17.7 Å². The van der Waals surface area contributed by atoms with Crippen molar-refractivity contribution in [2.45, 2.75) is 32.2 Å². The van der Waals surface area contributed by atoms with E-state index in [1.54, 1.807) is 0 Å². The number of amides is 3. The first-order chi connectivity index (χ1) is 8.59. The Morgan fingerprint density at radius 2 is 2.00 bits per heavy atom. The summed E-state index contributed by atoms with van der Waals surface area (Å²) >= 11 is 0. The van der Waals surface area contributed by atoms with Crippen LogP contribution in [0.4, 0.5) is 0 Å². The van der Waals surface area contributed by atoms with Crippen LogP contribution in [0.2, 0.25) is 0 Å². The number of hydrogen-bond donors (Lipinski definition) is 1. The smallest absolute Gasteiger partial charge is 0.229 e. The Bertz CT molecular complexity index is 354. The molecule has 100 valence electrons. The number of hydrogen-bond acceptors (Lipinski definition) is 4. The van der Waals surface area contributed by atoms with Gasteiger partial charge in [0, 0.05) is 51.5 Å². The maximum absolute atomic E-state index is 12.0. The predicted octanol–water partition coefficient (Wildman–Crippen LogP) is -0.654. The fraction of sp³-hybridized carbons (Fsp3) is 0.750. The topological polar surface area (TPSA) is 69.7 Å². The quantitative estimate of drug-likeness (QED) is 0.678. The largest absolute Gasteiger partial charge is 0.337 e. The number of carbonyl (C=O) groups excluding carboxylic acids is 3. The Hall–Kier alpha value is -1.43. The molecule has 2 heterocycles. The van der Waals surface area contributed by atoms with Crippen molar-refractivity contribution < 1.29 is 14.4 Å². The highest BCUT2D eigenvalue weighted by Crippen LogP contribution is 2.13. The first-order valence-corrected chi connectivity index (χ1v) is 6.43. The van der Waals surface area contributed by atoms with Crippen LogP contribution < -0.4 is 5.32 Å². The van der Waals surface area contributed by atoms with Crippen molar-refractivity contribution in [3.05, 3.63) is 0 Å². The molecule has 0 saturated carbocycles. The van der Waals surface area contributed by atoms with Gasteiger partial charge < -0.3 is 10.2 Å². The van der Waals surface area contributed by atoms with Crippen molar-refractivity contribution in [3.63, 3.8) is 0 Å². The van der Waals surface area contributed by atoms with E-state index in [2.05, 4.69) is 5.32 Å². The minimum atomic E-state index is -0.152. The van der Waals surface area contributed by atoms with Crippen LogP contribution in [0.3, 0.4) is 0 Å². The first kappa shape index (κ1) is 13.0. The number of piperazine rings is 1. The maximum Gasteiger partial charge on any atom is 0.229 e. The van der Waals surface area contributed by atoms with E-state index in [0.29, 0.717) is 6.54 Å². The second-order valence-electron chi connectivity index (χ2n) is 4.83. The van der Waals surface area contributed by atoms with Crippen LogP contribution in [0.5, 0.6) is 0 Å². The zero-order valence-corrected chi connectivity index (χ0v) is 10.6. The molecule has 2 fully saturated rings. The highest BCUT2D eigenvalue weighted by molar-refractivity contribution is 6.02. The highest BCUT2D eigenvalue weighted by atomic mass is 16.2. The molecule has 0 aromatic carbocycles. The lowest BCUT2D eigenvalue weighted by Gasteiger charge is -2.34. The average molecular weight is 253 g/mol. The minimum absolute atomic E-state index is 0.0245. The second-order valence-corrected chi connectivity index (χ2v) is 4.83. The zero-order chi connectivity index (χ0) is 13.1. The molecule has 6 nitrogen and oxygen atoms in total. The summed E-state index contributed by atoms with van der Waals surface area (Å²) in [5.74, 6) is -0.279.